The molecule has 4 heteroatoms. The van der Waals surface area contributed by atoms with Crippen LogP contribution in [0.15, 0.2) is 30.3 Å². The summed E-state index contributed by atoms with van der Waals surface area (Å²) in [6.45, 7) is 3.92. The molecule has 0 radical (unpaired) electrons. The molecule has 2 aliphatic rings. The number of likely N-dealkylation sites (tertiary alicyclic amines) is 2. The summed E-state index contributed by atoms with van der Waals surface area (Å²) in [7, 11) is 0. The molecular formula is C16H22N2O2. The Morgan fingerprint density at radius 1 is 1.20 bits per heavy atom. The molecule has 2 heterocycles. The zero-order valence-corrected chi connectivity index (χ0v) is 11.7. The maximum absolute atomic E-state index is 11.3. The summed E-state index contributed by atoms with van der Waals surface area (Å²) < 4.78 is 0. The van der Waals surface area contributed by atoms with E-state index in [4.69, 9.17) is 0 Å². The van der Waals surface area contributed by atoms with Crippen LogP contribution in [0.5, 0.6) is 0 Å². The van der Waals surface area contributed by atoms with Crippen molar-refractivity contribution in [1.82, 2.24) is 9.80 Å². The van der Waals surface area contributed by atoms with E-state index in [2.05, 4.69) is 34.1 Å². The quantitative estimate of drug-likeness (QED) is 0.909. The number of aliphatic carboxylic acids is 1. The van der Waals surface area contributed by atoms with Crippen molar-refractivity contribution in [2.75, 3.05) is 19.6 Å². The largest absolute Gasteiger partial charge is 0.480 e. The van der Waals surface area contributed by atoms with Crippen LogP contribution in [0.1, 0.15) is 24.8 Å². The minimum atomic E-state index is -0.647. The van der Waals surface area contributed by atoms with E-state index in [1.807, 2.05) is 6.07 Å². The molecule has 20 heavy (non-hydrogen) atoms. The number of piperidine rings is 1. The molecule has 108 valence electrons. The lowest BCUT2D eigenvalue weighted by atomic mass is 9.96. The van der Waals surface area contributed by atoms with Gasteiger partial charge in [-0.1, -0.05) is 36.8 Å². The predicted molar refractivity (Wildman–Crippen MR) is 77.5 cm³/mol. The second kappa shape index (κ2) is 5.94. The Bertz CT molecular complexity index is 457. The highest BCUT2D eigenvalue weighted by Gasteiger charge is 2.39. The van der Waals surface area contributed by atoms with Crippen LogP contribution in [0.25, 0.3) is 0 Å². The molecule has 2 aliphatic heterocycles. The number of benzene rings is 1. The van der Waals surface area contributed by atoms with Crippen LogP contribution in [-0.4, -0.2) is 52.6 Å². The van der Waals surface area contributed by atoms with E-state index in [0.717, 1.165) is 45.4 Å². The third-order valence-electron chi connectivity index (χ3n) is 4.49. The third-order valence-corrected chi connectivity index (χ3v) is 4.49. The van der Waals surface area contributed by atoms with Crippen molar-refractivity contribution in [2.45, 2.75) is 37.9 Å². The fraction of sp³-hybridized carbons (Fsp3) is 0.562. The molecule has 0 aliphatic carbocycles. The van der Waals surface area contributed by atoms with Gasteiger partial charge in [0.15, 0.2) is 0 Å². The first-order chi connectivity index (χ1) is 9.74. The summed E-state index contributed by atoms with van der Waals surface area (Å²) in [5.41, 5.74) is 1.33. The van der Waals surface area contributed by atoms with Crippen molar-refractivity contribution in [3.8, 4) is 0 Å². The first-order valence-corrected chi connectivity index (χ1v) is 7.49. The molecule has 1 aromatic carbocycles. The van der Waals surface area contributed by atoms with Gasteiger partial charge in [-0.3, -0.25) is 14.6 Å². The van der Waals surface area contributed by atoms with Gasteiger partial charge in [-0.15, -0.1) is 0 Å². The fourth-order valence-electron chi connectivity index (χ4n) is 3.38. The highest BCUT2D eigenvalue weighted by molar-refractivity contribution is 5.73. The van der Waals surface area contributed by atoms with Crippen molar-refractivity contribution in [2.24, 2.45) is 0 Å². The van der Waals surface area contributed by atoms with Crippen molar-refractivity contribution in [3.05, 3.63) is 35.9 Å². The normalized spacial score (nSPS) is 25.3. The van der Waals surface area contributed by atoms with Gasteiger partial charge in [-0.25, -0.2) is 0 Å². The van der Waals surface area contributed by atoms with Crippen LogP contribution in [0.2, 0.25) is 0 Å². The second-order valence-electron chi connectivity index (χ2n) is 5.92. The molecular weight excluding hydrogens is 252 g/mol. The second-order valence-corrected chi connectivity index (χ2v) is 5.92. The topological polar surface area (TPSA) is 43.8 Å². The van der Waals surface area contributed by atoms with Crippen LogP contribution < -0.4 is 0 Å². The Labute approximate surface area is 120 Å². The number of carbonyl (C=O) groups is 1. The van der Waals surface area contributed by atoms with Gasteiger partial charge in [0.1, 0.15) is 6.04 Å². The number of carboxylic acid groups (broad SMARTS) is 1. The summed E-state index contributed by atoms with van der Waals surface area (Å²) in [6, 6.07) is 10.6. The molecule has 1 N–H and O–H groups in total. The Morgan fingerprint density at radius 2 is 1.95 bits per heavy atom. The maximum atomic E-state index is 11.3. The van der Waals surface area contributed by atoms with Gasteiger partial charge in [0, 0.05) is 25.7 Å². The lowest BCUT2D eigenvalue weighted by Crippen LogP contribution is -2.63. The van der Waals surface area contributed by atoms with E-state index in [1.165, 1.54) is 5.56 Å². The Hall–Kier alpha value is -1.39. The number of rotatable bonds is 4. The molecule has 2 fully saturated rings. The van der Waals surface area contributed by atoms with E-state index in [-0.39, 0.29) is 6.04 Å². The summed E-state index contributed by atoms with van der Waals surface area (Å²) in [4.78, 5) is 15.9. The minimum Gasteiger partial charge on any atom is -0.480 e. The van der Waals surface area contributed by atoms with Gasteiger partial charge in [0.05, 0.1) is 0 Å². The van der Waals surface area contributed by atoms with Gasteiger partial charge < -0.3 is 5.11 Å². The Balaban J connectivity index is 1.53. The van der Waals surface area contributed by atoms with Gasteiger partial charge in [-0.05, 0) is 24.9 Å². The van der Waals surface area contributed by atoms with E-state index in [9.17, 15) is 9.90 Å². The predicted octanol–water partition coefficient (Wildman–Crippen LogP) is 1.81. The number of hydrogen-bond donors (Lipinski definition) is 1. The summed E-state index contributed by atoms with van der Waals surface area (Å²) in [5.74, 6) is -0.647. The average Bonchev–Trinajstić information content (AvgIpc) is 2.43. The van der Waals surface area contributed by atoms with Crippen LogP contribution in [0.4, 0.5) is 0 Å². The lowest BCUT2D eigenvalue weighted by molar-refractivity contribution is -0.148. The van der Waals surface area contributed by atoms with E-state index in [0.29, 0.717) is 6.04 Å². The lowest BCUT2D eigenvalue weighted by Gasteiger charge is -2.48. The summed E-state index contributed by atoms with van der Waals surface area (Å²) in [5, 5.41) is 9.32. The Morgan fingerprint density at radius 3 is 2.65 bits per heavy atom. The Kier molecular flexibility index (Phi) is 4.03. The molecule has 0 saturated carbocycles. The summed E-state index contributed by atoms with van der Waals surface area (Å²) >= 11 is 0. The number of hydrogen-bond acceptors (Lipinski definition) is 3. The molecule has 0 spiro atoms. The molecule has 2 saturated heterocycles. The van der Waals surface area contributed by atoms with Gasteiger partial charge in [0.25, 0.3) is 0 Å². The standard InChI is InChI=1S/C16H22N2O2/c19-16(20)15-8-4-5-9-18(15)14-11-17(12-14)10-13-6-2-1-3-7-13/h1-3,6-7,14-15H,4-5,8-12H2,(H,19,20). The molecule has 0 aromatic heterocycles. The smallest absolute Gasteiger partial charge is 0.320 e. The maximum Gasteiger partial charge on any atom is 0.320 e. The van der Waals surface area contributed by atoms with Gasteiger partial charge in [0.2, 0.25) is 0 Å². The van der Waals surface area contributed by atoms with Crippen molar-refractivity contribution < 1.29 is 9.90 Å². The number of nitrogens with zero attached hydrogens (tertiary/aromatic N) is 2. The van der Waals surface area contributed by atoms with Crippen LogP contribution in [0.3, 0.4) is 0 Å². The van der Waals surface area contributed by atoms with Crippen molar-refractivity contribution in [1.29, 1.82) is 0 Å². The van der Waals surface area contributed by atoms with Crippen molar-refractivity contribution in [3.63, 3.8) is 0 Å². The monoisotopic (exact) mass is 274 g/mol. The SMILES string of the molecule is O=C(O)C1CCCCN1C1CN(Cc2ccccc2)C1. The summed E-state index contributed by atoms with van der Waals surface area (Å²) in [6.07, 6.45) is 3.00. The van der Waals surface area contributed by atoms with Gasteiger partial charge in [-0.2, -0.15) is 0 Å². The molecule has 0 amide bonds. The van der Waals surface area contributed by atoms with Crippen LogP contribution in [-0.2, 0) is 11.3 Å². The first kappa shape index (κ1) is 13.6. The highest BCUT2D eigenvalue weighted by Crippen LogP contribution is 2.25. The van der Waals surface area contributed by atoms with Crippen LogP contribution in [0, 0.1) is 0 Å². The molecule has 4 nitrogen and oxygen atoms in total. The third kappa shape index (κ3) is 2.86. The fourth-order valence-corrected chi connectivity index (χ4v) is 3.38. The van der Waals surface area contributed by atoms with Crippen LogP contribution >= 0.6 is 0 Å². The van der Waals surface area contributed by atoms with E-state index < -0.39 is 5.97 Å². The average molecular weight is 274 g/mol. The molecule has 1 unspecified atom stereocenters. The first-order valence-electron chi connectivity index (χ1n) is 7.49. The molecule has 0 bridgehead atoms. The van der Waals surface area contributed by atoms with Crippen molar-refractivity contribution >= 4 is 5.97 Å². The zero-order chi connectivity index (χ0) is 13.9. The molecule has 3 rings (SSSR count). The minimum absolute atomic E-state index is 0.257. The number of carboxylic acids is 1. The highest BCUT2D eigenvalue weighted by atomic mass is 16.4. The molecule has 1 atom stereocenters. The van der Waals surface area contributed by atoms with E-state index in [1.54, 1.807) is 0 Å². The van der Waals surface area contributed by atoms with E-state index >= 15 is 0 Å². The van der Waals surface area contributed by atoms with Gasteiger partial charge >= 0.3 is 5.97 Å². The molecule has 1 aromatic rings. The zero-order valence-electron chi connectivity index (χ0n) is 11.7.